The monoisotopic (exact) mass is 445 g/mol. The van der Waals surface area contributed by atoms with Crippen molar-refractivity contribution in [2.75, 3.05) is 49.8 Å². The fourth-order valence-electron chi connectivity index (χ4n) is 3.61. The number of likely N-dealkylation sites (N-methyl/N-ethyl adjacent to an activating group) is 1. The molecule has 0 radical (unpaired) electrons. The zero-order chi connectivity index (χ0) is 22.3. The van der Waals surface area contributed by atoms with E-state index in [1.165, 1.54) is 4.31 Å². The van der Waals surface area contributed by atoms with Gasteiger partial charge in [0.05, 0.1) is 18.0 Å². The molecular weight excluding hydrogens is 414 g/mol. The molecule has 0 bridgehead atoms. The van der Waals surface area contributed by atoms with Crippen LogP contribution >= 0.6 is 0 Å². The Morgan fingerprint density at radius 2 is 1.68 bits per heavy atom. The largest absolute Gasteiger partial charge is 0.304 e. The van der Waals surface area contributed by atoms with E-state index in [0.717, 1.165) is 38.3 Å². The Morgan fingerprint density at radius 3 is 2.29 bits per heavy atom. The average Bonchev–Trinajstić information content (AvgIpc) is 2.79. The summed E-state index contributed by atoms with van der Waals surface area (Å²) >= 11 is 0. The van der Waals surface area contributed by atoms with Gasteiger partial charge in [-0.15, -0.1) is 0 Å². The molecule has 3 N–H and O–H groups in total. The van der Waals surface area contributed by atoms with Crippen LogP contribution < -0.4 is 15.6 Å². The summed E-state index contributed by atoms with van der Waals surface area (Å²) in [7, 11) is -1.41. The third kappa shape index (κ3) is 6.51. The molecule has 2 aromatic rings. The maximum atomic E-state index is 13.3. The van der Waals surface area contributed by atoms with Crippen LogP contribution in [0.5, 0.6) is 0 Å². The zero-order valence-corrected chi connectivity index (χ0v) is 18.7. The molecule has 0 spiro atoms. The molecular formula is C22H31N5O3S. The van der Waals surface area contributed by atoms with Gasteiger partial charge in [-0.2, -0.15) is 0 Å². The van der Waals surface area contributed by atoms with Crippen molar-refractivity contribution in [1.82, 2.24) is 15.2 Å². The van der Waals surface area contributed by atoms with Crippen LogP contribution in [-0.2, 0) is 16.6 Å². The van der Waals surface area contributed by atoms with Gasteiger partial charge in [-0.1, -0.05) is 30.3 Å². The van der Waals surface area contributed by atoms with Crippen molar-refractivity contribution in [2.45, 2.75) is 13.0 Å². The Hall–Kier alpha value is -2.46. The number of piperazine rings is 1. The topological polar surface area (TPSA) is 99.0 Å². The third-order valence-corrected chi connectivity index (χ3v) is 7.34. The number of rotatable bonds is 9. The first-order valence-electron chi connectivity index (χ1n) is 10.5. The molecule has 168 valence electrons. The van der Waals surface area contributed by atoms with Crippen LogP contribution in [0.3, 0.4) is 0 Å². The Balaban J connectivity index is 1.70. The molecule has 31 heavy (non-hydrogen) atoms. The number of nitrogens with two attached hydrogens (primary N) is 1. The lowest BCUT2D eigenvalue weighted by Crippen LogP contribution is -2.45. The molecule has 1 aliphatic heterocycles. The van der Waals surface area contributed by atoms with Gasteiger partial charge >= 0.3 is 0 Å². The predicted molar refractivity (Wildman–Crippen MR) is 123 cm³/mol. The molecule has 9 heteroatoms. The summed E-state index contributed by atoms with van der Waals surface area (Å²) in [4.78, 5) is 16.3. The van der Waals surface area contributed by atoms with Gasteiger partial charge in [-0.05, 0) is 49.8 Å². The summed E-state index contributed by atoms with van der Waals surface area (Å²) in [6.45, 7) is 4.95. The minimum atomic E-state index is -3.52. The quantitative estimate of drug-likeness (QED) is 0.343. The molecule has 0 saturated carbocycles. The number of nitrogen functional groups attached to an aromatic ring is 1. The van der Waals surface area contributed by atoms with Crippen LogP contribution in [0.4, 0.5) is 5.69 Å². The Morgan fingerprint density at radius 1 is 1.03 bits per heavy atom. The van der Waals surface area contributed by atoms with Crippen LogP contribution in [0.2, 0.25) is 0 Å². The van der Waals surface area contributed by atoms with Crippen molar-refractivity contribution in [3.8, 4) is 0 Å². The molecule has 3 rings (SSSR count). The van der Waals surface area contributed by atoms with Gasteiger partial charge in [0.15, 0.2) is 0 Å². The highest BCUT2D eigenvalue weighted by Crippen LogP contribution is 2.22. The lowest BCUT2D eigenvalue weighted by Gasteiger charge is -2.32. The van der Waals surface area contributed by atoms with Gasteiger partial charge < -0.3 is 9.80 Å². The van der Waals surface area contributed by atoms with E-state index in [4.69, 9.17) is 5.84 Å². The first-order chi connectivity index (χ1) is 14.9. The van der Waals surface area contributed by atoms with Crippen LogP contribution in [0.15, 0.2) is 54.6 Å². The average molecular weight is 446 g/mol. The molecule has 1 saturated heterocycles. The zero-order valence-electron chi connectivity index (χ0n) is 17.9. The molecule has 0 atom stereocenters. The van der Waals surface area contributed by atoms with Crippen LogP contribution in [-0.4, -0.2) is 69.6 Å². The highest BCUT2D eigenvalue weighted by molar-refractivity contribution is 7.92. The molecule has 1 heterocycles. The first-order valence-corrected chi connectivity index (χ1v) is 12.1. The third-order valence-electron chi connectivity index (χ3n) is 5.53. The second kappa shape index (κ2) is 10.7. The van der Waals surface area contributed by atoms with E-state index in [-0.39, 0.29) is 18.2 Å². The van der Waals surface area contributed by atoms with Gasteiger partial charge in [-0.3, -0.25) is 14.5 Å². The van der Waals surface area contributed by atoms with Gasteiger partial charge in [0.1, 0.15) is 0 Å². The summed E-state index contributed by atoms with van der Waals surface area (Å²) in [5.74, 6) is 4.87. The highest BCUT2D eigenvalue weighted by atomic mass is 32.2. The molecule has 1 aliphatic rings. The van der Waals surface area contributed by atoms with E-state index >= 15 is 0 Å². The summed E-state index contributed by atoms with van der Waals surface area (Å²) in [5, 5.41) is 0. The smallest absolute Gasteiger partial charge is 0.265 e. The number of nitrogens with one attached hydrogen (secondary N) is 1. The number of benzene rings is 2. The van der Waals surface area contributed by atoms with E-state index in [9.17, 15) is 13.2 Å². The Bertz CT molecular complexity index is 943. The van der Waals surface area contributed by atoms with Crippen molar-refractivity contribution in [1.29, 1.82) is 0 Å². The van der Waals surface area contributed by atoms with Gasteiger partial charge in [-0.25, -0.2) is 14.3 Å². The van der Waals surface area contributed by atoms with Crippen molar-refractivity contribution >= 4 is 21.6 Å². The number of anilines is 1. The number of carbonyl (C=O) groups excluding carboxylic acids is 1. The standard InChI is InChI=1S/C22H31N5O3S/c1-25-13-15-26(16-14-25)12-5-17-31(29,30)27(21-6-3-2-4-7-21)18-19-8-10-20(11-9-19)22(28)24-23/h2-4,6-11H,5,12-18,23H2,1H3,(H,24,28). The van der Waals surface area contributed by atoms with Crippen LogP contribution in [0.1, 0.15) is 22.3 Å². The van der Waals surface area contributed by atoms with E-state index in [2.05, 4.69) is 22.3 Å². The SMILES string of the molecule is CN1CCN(CCCS(=O)(=O)N(Cc2ccc(C(=O)NN)cc2)c2ccccc2)CC1. The number of nitrogens with zero attached hydrogens (tertiary/aromatic N) is 3. The minimum Gasteiger partial charge on any atom is -0.304 e. The van der Waals surface area contributed by atoms with Gasteiger partial charge in [0.2, 0.25) is 10.0 Å². The molecule has 1 fully saturated rings. The minimum absolute atomic E-state index is 0.0852. The Kier molecular flexibility index (Phi) is 8.03. The summed E-state index contributed by atoms with van der Waals surface area (Å²) in [5.41, 5.74) is 3.94. The maximum Gasteiger partial charge on any atom is 0.265 e. The van der Waals surface area contributed by atoms with E-state index in [0.29, 0.717) is 17.7 Å². The van der Waals surface area contributed by atoms with Gasteiger partial charge in [0.25, 0.3) is 5.91 Å². The number of amides is 1. The van der Waals surface area contributed by atoms with E-state index in [1.807, 2.05) is 18.2 Å². The lowest BCUT2D eigenvalue weighted by molar-refractivity contribution is 0.0953. The number of sulfonamides is 1. The Labute approximate surface area is 184 Å². The van der Waals surface area contributed by atoms with Crippen molar-refractivity contribution < 1.29 is 13.2 Å². The molecule has 0 unspecified atom stereocenters. The summed E-state index contributed by atoms with van der Waals surface area (Å²) in [6, 6.07) is 15.9. The second-order valence-corrected chi connectivity index (χ2v) is 9.84. The normalized spacial score (nSPS) is 15.5. The number of para-hydroxylation sites is 1. The van der Waals surface area contributed by atoms with Crippen LogP contribution in [0.25, 0.3) is 0 Å². The fraction of sp³-hybridized carbons (Fsp3) is 0.409. The number of hydrogen-bond donors (Lipinski definition) is 2. The van der Waals surface area contributed by atoms with E-state index in [1.54, 1.807) is 36.4 Å². The van der Waals surface area contributed by atoms with Crippen molar-refractivity contribution in [3.63, 3.8) is 0 Å². The molecule has 0 aromatic heterocycles. The predicted octanol–water partition coefficient (Wildman–Crippen LogP) is 1.26. The van der Waals surface area contributed by atoms with Crippen molar-refractivity contribution in [2.24, 2.45) is 5.84 Å². The fourth-order valence-corrected chi connectivity index (χ4v) is 5.11. The first kappa shape index (κ1) is 23.2. The molecule has 1 amide bonds. The highest BCUT2D eigenvalue weighted by Gasteiger charge is 2.23. The molecule has 0 aliphatic carbocycles. The number of hydrazine groups is 1. The molecule has 2 aromatic carbocycles. The summed E-state index contributed by atoms with van der Waals surface area (Å²) < 4.78 is 28.0. The summed E-state index contributed by atoms with van der Waals surface area (Å²) in [6.07, 6.45) is 0.588. The second-order valence-electron chi connectivity index (χ2n) is 7.83. The van der Waals surface area contributed by atoms with Gasteiger partial charge in [0, 0.05) is 31.7 Å². The maximum absolute atomic E-state index is 13.3. The lowest BCUT2D eigenvalue weighted by atomic mass is 10.1. The van der Waals surface area contributed by atoms with E-state index < -0.39 is 10.0 Å². The number of hydrogen-bond acceptors (Lipinski definition) is 6. The van der Waals surface area contributed by atoms with Crippen LogP contribution in [0, 0.1) is 0 Å². The van der Waals surface area contributed by atoms with Crippen molar-refractivity contribution in [3.05, 3.63) is 65.7 Å². The number of carbonyl (C=O) groups is 1. The molecule has 8 nitrogen and oxygen atoms in total.